The maximum atomic E-state index is 13.2. The Balaban J connectivity index is 2.17. The molecular weight excluding hydrogens is 350 g/mol. The van der Waals surface area contributed by atoms with Crippen LogP contribution in [-0.2, 0) is 10.0 Å². The summed E-state index contributed by atoms with van der Waals surface area (Å²) >= 11 is 0. The van der Waals surface area contributed by atoms with Crippen molar-refractivity contribution in [3.05, 3.63) is 59.7 Å². The van der Waals surface area contributed by atoms with Gasteiger partial charge in [0.15, 0.2) is 11.6 Å². The van der Waals surface area contributed by atoms with E-state index in [2.05, 4.69) is 10.0 Å². The molecule has 0 aromatic heterocycles. The molecule has 2 N–H and O–H groups in total. The van der Waals surface area contributed by atoms with Crippen molar-refractivity contribution in [2.45, 2.75) is 31.2 Å². The maximum absolute atomic E-state index is 13.2. The summed E-state index contributed by atoms with van der Waals surface area (Å²) in [5, 5.41) is 2.79. The molecule has 0 aliphatic rings. The molecule has 2 rings (SSSR count). The number of anilines is 1. The van der Waals surface area contributed by atoms with Crippen LogP contribution in [0.25, 0.3) is 0 Å². The lowest BCUT2D eigenvalue weighted by Gasteiger charge is -2.20. The van der Waals surface area contributed by atoms with Gasteiger partial charge in [-0.25, -0.2) is 17.2 Å². The predicted octanol–water partition coefficient (Wildman–Crippen LogP) is 3.29. The zero-order chi connectivity index (χ0) is 18.8. The Hall–Kier alpha value is -2.48. The first-order chi connectivity index (χ1) is 11.5. The zero-order valence-electron chi connectivity index (χ0n) is 13.9. The molecule has 0 aliphatic carbocycles. The van der Waals surface area contributed by atoms with E-state index < -0.39 is 32.1 Å². The van der Waals surface area contributed by atoms with Gasteiger partial charge in [-0.15, -0.1) is 0 Å². The van der Waals surface area contributed by atoms with Gasteiger partial charge in [0.2, 0.25) is 0 Å². The zero-order valence-corrected chi connectivity index (χ0v) is 14.7. The maximum Gasteiger partial charge on any atom is 0.261 e. The molecule has 0 saturated carbocycles. The smallest absolute Gasteiger partial charge is 0.261 e. The van der Waals surface area contributed by atoms with Crippen molar-refractivity contribution in [3.8, 4) is 0 Å². The van der Waals surface area contributed by atoms with E-state index >= 15 is 0 Å². The van der Waals surface area contributed by atoms with Gasteiger partial charge in [0.05, 0.1) is 4.90 Å². The first kappa shape index (κ1) is 18.9. The lowest BCUT2D eigenvalue weighted by molar-refractivity contribution is 0.0919. The molecule has 134 valence electrons. The van der Waals surface area contributed by atoms with Gasteiger partial charge in [0.25, 0.3) is 15.9 Å². The summed E-state index contributed by atoms with van der Waals surface area (Å²) in [5.41, 5.74) is 0.159. The summed E-state index contributed by atoms with van der Waals surface area (Å²) in [4.78, 5) is 11.6. The molecular formula is C17H18F2N2O3S. The Bertz CT molecular complexity index is 889. The van der Waals surface area contributed by atoms with Crippen LogP contribution in [0.1, 0.15) is 31.1 Å². The molecule has 0 aliphatic heterocycles. The Kier molecular flexibility index (Phi) is 5.12. The van der Waals surface area contributed by atoms with Crippen LogP contribution in [0.15, 0.2) is 47.4 Å². The summed E-state index contributed by atoms with van der Waals surface area (Å²) in [6.07, 6.45) is 0. The van der Waals surface area contributed by atoms with Gasteiger partial charge < -0.3 is 5.32 Å². The van der Waals surface area contributed by atoms with Gasteiger partial charge in [-0.1, -0.05) is 0 Å². The predicted molar refractivity (Wildman–Crippen MR) is 90.8 cm³/mol. The van der Waals surface area contributed by atoms with Gasteiger partial charge in [0.1, 0.15) is 0 Å². The molecule has 1 amide bonds. The first-order valence-corrected chi connectivity index (χ1v) is 8.87. The van der Waals surface area contributed by atoms with Gasteiger partial charge in [0, 0.05) is 16.8 Å². The van der Waals surface area contributed by atoms with Crippen LogP contribution in [0.3, 0.4) is 0 Å². The molecule has 2 aromatic carbocycles. The standard InChI is InChI=1S/C17H18F2N2O3S/c1-17(2,3)20-16(22)11-4-6-12(7-5-11)21-25(23,24)13-8-9-14(18)15(19)10-13/h4-10,21H,1-3H3,(H,20,22). The Morgan fingerprint density at radius 3 is 2.08 bits per heavy atom. The fourth-order valence-electron chi connectivity index (χ4n) is 1.96. The Labute approximate surface area is 145 Å². The summed E-state index contributed by atoms with van der Waals surface area (Å²) in [6, 6.07) is 8.05. The lowest BCUT2D eigenvalue weighted by atomic mass is 10.1. The summed E-state index contributed by atoms with van der Waals surface area (Å²) in [5.74, 6) is -2.67. The van der Waals surface area contributed by atoms with Gasteiger partial charge in [-0.05, 0) is 63.2 Å². The van der Waals surface area contributed by atoms with Crippen molar-refractivity contribution < 1.29 is 22.0 Å². The van der Waals surface area contributed by atoms with Crippen molar-refractivity contribution in [2.75, 3.05) is 4.72 Å². The monoisotopic (exact) mass is 368 g/mol. The molecule has 0 heterocycles. The highest BCUT2D eigenvalue weighted by atomic mass is 32.2. The van der Waals surface area contributed by atoms with E-state index in [0.29, 0.717) is 11.6 Å². The molecule has 0 bridgehead atoms. The van der Waals surface area contributed by atoms with Crippen LogP contribution in [-0.4, -0.2) is 19.9 Å². The molecule has 0 spiro atoms. The Morgan fingerprint density at radius 2 is 1.56 bits per heavy atom. The number of amides is 1. The number of halogens is 2. The molecule has 0 radical (unpaired) electrons. The van der Waals surface area contributed by atoms with E-state index in [-0.39, 0.29) is 11.6 Å². The molecule has 0 saturated heterocycles. The average Bonchev–Trinajstić information content (AvgIpc) is 2.48. The minimum atomic E-state index is -4.07. The molecule has 25 heavy (non-hydrogen) atoms. The van der Waals surface area contributed by atoms with E-state index in [1.165, 1.54) is 24.3 Å². The average molecular weight is 368 g/mol. The second-order valence-electron chi connectivity index (χ2n) is 6.46. The van der Waals surface area contributed by atoms with E-state index in [0.717, 1.165) is 12.1 Å². The Morgan fingerprint density at radius 1 is 0.960 bits per heavy atom. The number of nitrogens with one attached hydrogen (secondary N) is 2. The highest BCUT2D eigenvalue weighted by Crippen LogP contribution is 2.19. The van der Waals surface area contributed by atoms with Crippen LogP contribution >= 0.6 is 0 Å². The highest BCUT2D eigenvalue weighted by molar-refractivity contribution is 7.92. The molecule has 0 unspecified atom stereocenters. The highest BCUT2D eigenvalue weighted by Gasteiger charge is 2.18. The molecule has 2 aromatic rings. The second kappa shape index (κ2) is 6.79. The molecule has 0 fully saturated rings. The fraction of sp³-hybridized carbons (Fsp3) is 0.235. The number of hydrogen-bond acceptors (Lipinski definition) is 3. The van der Waals surface area contributed by atoms with E-state index in [4.69, 9.17) is 0 Å². The molecule has 8 heteroatoms. The fourth-order valence-corrected chi connectivity index (χ4v) is 3.03. The number of carbonyl (C=O) groups excluding carboxylic acids is 1. The number of rotatable bonds is 4. The number of hydrogen-bond donors (Lipinski definition) is 2. The normalized spacial score (nSPS) is 11.9. The third kappa shape index (κ3) is 4.99. The third-order valence-electron chi connectivity index (χ3n) is 3.09. The second-order valence-corrected chi connectivity index (χ2v) is 8.15. The van der Waals surface area contributed by atoms with E-state index in [1.54, 1.807) is 0 Å². The molecule has 5 nitrogen and oxygen atoms in total. The van der Waals surface area contributed by atoms with Crippen molar-refractivity contribution in [2.24, 2.45) is 0 Å². The first-order valence-electron chi connectivity index (χ1n) is 7.38. The summed E-state index contributed by atoms with van der Waals surface area (Å²) in [7, 11) is -4.07. The van der Waals surface area contributed by atoms with Crippen LogP contribution < -0.4 is 10.0 Å². The number of sulfonamides is 1. The number of carbonyl (C=O) groups is 1. The summed E-state index contributed by atoms with van der Waals surface area (Å²) < 4.78 is 52.8. The van der Waals surface area contributed by atoms with Crippen molar-refractivity contribution >= 4 is 21.6 Å². The minimum Gasteiger partial charge on any atom is -0.347 e. The van der Waals surface area contributed by atoms with E-state index in [1.807, 2.05) is 20.8 Å². The topological polar surface area (TPSA) is 75.3 Å². The minimum absolute atomic E-state index is 0.192. The van der Waals surface area contributed by atoms with Crippen LogP contribution in [0.5, 0.6) is 0 Å². The van der Waals surface area contributed by atoms with Gasteiger partial charge in [-0.3, -0.25) is 9.52 Å². The largest absolute Gasteiger partial charge is 0.347 e. The van der Waals surface area contributed by atoms with Crippen molar-refractivity contribution in [1.82, 2.24) is 5.32 Å². The van der Waals surface area contributed by atoms with Gasteiger partial charge in [-0.2, -0.15) is 0 Å². The lowest BCUT2D eigenvalue weighted by Crippen LogP contribution is -2.40. The van der Waals surface area contributed by atoms with Crippen molar-refractivity contribution in [1.29, 1.82) is 0 Å². The van der Waals surface area contributed by atoms with Crippen LogP contribution in [0, 0.1) is 11.6 Å². The number of benzene rings is 2. The quantitative estimate of drug-likeness (QED) is 0.870. The summed E-state index contributed by atoms with van der Waals surface area (Å²) in [6.45, 7) is 5.53. The van der Waals surface area contributed by atoms with E-state index in [9.17, 15) is 22.0 Å². The van der Waals surface area contributed by atoms with Crippen molar-refractivity contribution in [3.63, 3.8) is 0 Å². The third-order valence-corrected chi connectivity index (χ3v) is 4.47. The van der Waals surface area contributed by atoms with Gasteiger partial charge >= 0.3 is 0 Å². The molecule has 0 atom stereocenters. The SMILES string of the molecule is CC(C)(C)NC(=O)c1ccc(NS(=O)(=O)c2ccc(F)c(F)c2)cc1. The van der Waals surface area contributed by atoms with Crippen LogP contribution in [0.4, 0.5) is 14.5 Å². The van der Waals surface area contributed by atoms with Crippen LogP contribution in [0.2, 0.25) is 0 Å².